The van der Waals surface area contributed by atoms with E-state index in [4.69, 9.17) is 5.11 Å². The fourth-order valence-corrected chi connectivity index (χ4v) is 4.14. The largest absolute Gasteiger partial charge is 0.480 e. The maximum Gasteiger partial charge on any atom is 0.325 e. The summed E-state index contributed by atoms with van der Waals surface area (Å²) in [4.78, 5) is 18.1. The lowest BCUT2D eigenvalue weighted by atomic mass is 9.94. The summed E-state index contributed by atoms with van der Waals surface area (Å²) in [5.41, 5.74) is 4.59. The van der Waals surface area contributed by atoms with E-state index in [-0.39, 0.29) is 6.54 Å². The molecule has 1 aliphatic heterocycles. The minimum atomic E-state index is -0.855. The first kappa shape index (κ1) is 17.7. The van der Waals surface area contributed by atoms with Crippen LogP contribution in [-0.4, -0.2) is 43.8 Å². The van der Waals surface area contributed by atoms with Gasteiger partial charge in [-0.15, -0.1) is 0 Å². The SMILES string of the molecule is Cc1ccc(CN2CCC[C@H](c3ccnn3CC(=O)O)C2)c2cccnc12. The number of hydrogen-bond donors (Lipinski definition) is 1. The number of aliphatic carboxylic acids is 1. The third-order valence-electron chi connectivity index (χ3n) is 5.41. The van der Waals surface area contributed by atoms with Crippen molar-refractivity contribution in [2.24, 2.45) is 0 Å². The predicted molar refractivity (Wildman–Crippen MR) is 104 cm³/mol. The zero-order valence-corrected chi connectivity index (χ0v) is 15.5. The molecular weight excluding hydrogens is 340 g/mol. The Balaban J connectivity index is 1.54. The third kappa shape index (κ3) is 3.71. The summed E-state index contributed by atoms with van der Waals surface area (Å²) in [6, 6.07) is 10.5. The Bertz CT molecular complexity index is 966. The molecule has 0 amide bonds. The van der Waals surface area contributed by atoms with E-state index in [0.717, 1.165) is 43.7 Å². The number of piperidine rings is 1. The first-order valence-corrected chi connectivity index (χ1v) is 9.41. The van der Waals surface area contributed by atoms with Crippen molar-refractivity contribution >= 4 is 16.9 Å². The van der Waals surface area contributed by atoms with E-state index in [1.54, 1.807) is 10.9 Å². The lowest BCUT2D eigenvalue weighted by molar-refractivity contribution is -0.137. The first-order valence-electron chi connectivity index (χ1n) is 9.41. The number of fused-ring (bicyclic) bond motifs is 1. The maximum absolute atomic E-state index is 11.1. The molecule has 0 spiro atoms. The first-order chi connectivity index (χ1) is 13.1. The highest BCUT2D eigenvalue weighted by molar-refractivity contribution is 5.84. The van der Waals surface area contributed by atoms with Gasteiger partial charge in [0.25, 0.3) is 0 Å². The molecule has 1 aromatic carbocycles. The number of hydrogen-bond acceptors (Lipinski definition) is 4. The second-order valence-electron chi connectivity index (χ2n) is 7.32. The molecule has 3 aromatic rings. The van der Waals surface area contributed by atoms with E-state index in [1.165, 1.54) is 16.5 Å². The van der Waals surface area contributed by atoms with Crippen molar-refractivity contribution in [2.75, 3.05) is 13.1 Å². The number of aryl methyl sites for hydroxylation is 1. The number of benzene rings is 1. The molecular formula is C21H24N4O2. The molecule has 1 saturated heterocycles. The lowest BCUT2D eigenvalue weighted by Gasteiger charge is -2.33. The van der Waals surface area contributed by atoms with Crippen LogP contribution in [-0.2, 0) is 17.9 Å². The second-order valence-corrected chi connectivity index (χ2v) is 7.32. The molecule has 0 aliphatic carbocycles. The van der Waals surface area contributed by atoms with Crippen LogP contribution in [0.1, 0.15) is 35.6 Å². The standard InChI is InChI=1S/C21H24N4O2/c1-15-6-7-16(18-5-2-9-22-21(15)18)12-24-11-3-4-17(13-24)19-8-10-23-25(19)14-20(26)27/h2,5-10,17H,3-4,11-14H2,1H3,(H,26,27)/t17-/m0/s1. The Morgan fingerprint density at radius 1 is 1.26 bits per heavy atom. The molecule has 1 atom stereocenters. The van der Waals surface area contributed by atoms with Gasteiger partial charge in [-0.2, -0.15) is 5.10 Å². The van der Waals surface area contributed by atoms with Gasteiger partial charge in [0, 0.05) is 42.5 Å². The predicted octanol–water partition coefficient (Wildman–Crippen LogP) is 3.20. The van der Waals surface area contributed by atoms with Crippen LogP contribution < -0.4 is 0 Å². The number of carboxylic acids is 1. The topological polar surface area (TPSA) is 71.2 Å². The van der Waals surface area contributed by atoms with Crippen LogP contribution in [0.4, 0.5) is 0 Å². The van der Waals surface area contributed by atoms with Crippen molar-refractivity contribution < 1.29 is 9.90 Å². The Morgan fingerprint density at radius 2 is 2.15 bits per heavy atom. The average molecular weight is 364 g/mol. The number of nitrogens with zero attached hydrogens (tertiary/aromatic N) is 4. The minimum absolute atomic E-state index is 0.0763. The van der Waals surface area contributed by atoms with Gasteiger partial charge in [-0.05, 0) is 49.6 Å². The number of aromatic nitrogens is 3. The van der Waals surface area contributed by atoms with Crippen molar-refractivity contribution in [3.63, 3.8) is 0 Å². The van der Waals surface area contributed by atoms with Gasteiger partial charge in [-0.1, -0.05) is 18.2 Å². The maximum atomic E-state index is 11.1. The average Bonchev–Trinajstić information content (AvgIpc) is 3.12. The highest BCUT2D eigenvalue weighted by atomic mass is 16.4. The number of likely N-dealkylation sites (tertiary alicyclic amines) is 1. The van der Waals surface area contributed by atoms with Crippen molar-refractivity contribution in [3.8, 4) is 0 Å². The zero-order valence-electron chi connectivity index (χ0n) is 15.5. The van der Waals surface area contributed by atoms with Gasteiger partial charge in [0.15, 0.2) is 0 Å². The van der Waals surface area contributed by atoms with Crippen molar-refractivity contribution in [3.05, 3.63) is 59.5 Å². The number of rotatable bonds is 5. The summed E-state index contributed by atoms with van der Waals surface area (Å²) in [6.07, 6.45) is 5.72. The Hall–Kier alpha value is -2.73. The van der Waals surface area contributed by atoms with Gasteiger partial charge >= 0.3 is 5.97 Å². The lowest BCUT2D eigenvalue weighted by Crippen LogP contribution is -2.35. The van der Waals surface area contributed by atoms with Crippen LogP contribution in [0.5, 0.6) is 0 Å². The summed E-state index contributed by atoms with van der Waals surface area (Å²) in [5, 5.41) is 14.5. The van der Waals surface area contributed by atoms with E-state index < -0.39 is 5.97 Å². The van der Waals surface area contributed by atoms with Gasteiger partial charge < -0.3 is 5.11 Å². The molecule has 6 nitrogen and oxygen atoms in total. The van der Waals surface area contributed by atoms with Crippen molar-refractivity contribution in [1.82, 2.24) is 19.7 Å². The molecule has 27 heavy (non-hydrogen) atoms. The Labute approximate surface area is 158 Å². The summed E-state index contributed by atoms with van der Waals surface area (Å²) < 4.78 is 1.63. The van der Waals surface area contributed by atoms with E-state index in [2.05, 4.69) is 40.1 Å². The van der Waals surface area contributed by atoms with E-state index in [9.17, 15) is 4.79 Å². The molecule has 0 saturated carbocycles. The van der Waals surface area contributed by atoms with Crippen LogP contribution in [0.15, 0.2) is 42.7 Å². The van der Waals surface area contributed by atoms with E-state index >= 15 is 0 Å². The van der Waals surface area contributed by atoms with Crippen molar-refractivity contribution in [2.45, 2.75) is 38.8 Å². The fourth-order valence-electron chi connectivity index (χ4n) is 4.14. The molecule has 6 heteroatoms. The van der Waals surface area contributed by atoms with Crippen LogP contribution in [0.25, 0.3) is 10.9 Å². The van der Waals surface area contributed by atoms with E-state index in [0.29, 0.717) is 5.92 Å². The van der Waals surface area contributed by atoms with Gasteiger partial charge in [0.2, 0.25) is 0 Å². The van der Waals surface area contributed by atoms with Crippen LogP contribution in [0, 0.1) is 6.92 Å². The molecule has 1 N–H and O–H groups in total. The minimum Gasteiger partial charge on any atom is -0.480 e. The van der Waals surface area contributed by atoms with Crippen molar-refractivity contribution in [1.29, 1.82) is 0 Å². The Kier molecular flexibility index (Phi) is 4.90. The smallest absolute Gasteiger partial charge is 0.325 e. The number of carbonyl (C=O) groups is 1. The fraction of sp³-hybridized carbons (Fsp3) is 0.381. The molecule has 0 bridgehead atoms. The van der Waals surface area contributed by atoms with Gasteiger partial charge in [0.1, 0.15) is 6.54 Å². The number of carboxylic acid groups (broad SMARTS) is 1. The molecule has 0 unspecified atom stereocenters. The summed E-state index contributed by atoms with van der Waals surface area (Å²) in [5.74, 6) is -0.540. The zero-order chi connectivity index (χ0) is 18.8. The summed E-state index contributed by atoms with van der Waals surface area (Å²) >= 11 is 0. The molecule has 4 rings (SSSR count). The monoisotopic (exact) mass is 364 g/mol. The normalized spacial score (nSPS) is 18.0. The molecule has 0 radical (unpaired) electrons. The van der Waals surface area contributed by atoms with Gasteiger partial charge in [-0.3, -0.25) is 19.4 Å². The highest BCUT2D eigenvalue weighted by Crippen LogP contribution is 2.29. The van der Waals surface area contributed by atoms with Gasteiger partial charge in [-0.25, -0.2) is 0 Å². The van der Waals surface area contributed by atoms with Crippen LogP contribution in [0.3, 0.4) is 0 Å². The molecule has 2 aromatic heterocycles. The van der Waals surface area contributed by atoms with Crippen LogP contribution >= 0.6 is 0 Å². The Morgan fingerprint density at radius 3 is 3.00 bits per heavy atom. The second kappa shape index (κ2) is 7.48. The van der Waals surface area contributed by atoms with Gasteiger partial charge in [0.05, 0.1) is 5.52 Å². The molecule has 1 fully saturated rings. The molecule has 140 valence electrons. The molecule has 1 aliphatic rings. The number of pyridine rings is 1. The van der Waals surface area contributed by atoms with Crippen LogP contribution in [0.2, 0.25) is 0 Å². The summed E-state index contributed by atoms with van der Waals surface area (Å²) in [6.45, 7) is 4.87. The molecule has 3 heterocycles. The third-order valence-corrected chi connectivity index (χ3v) is 5.41. The van der Waals surface area contributed by atoms with E-state index in [1.807, 2.05) is 18.3 Å². The highest BCUT2D eigenvalue weighted by Gasteiger charge is 2.25. The quantitative estimate of drug-likeness (QED) is 0.753. The summed E-state index contributed by atoms with van der Waals surface area (Å²) in [7, 11) is 0.